The first-order valence-electron chi connectivity index (χ1n) is 10.7. The Balaban J connectivity index is 1.75. The van der Waals surface area contributed by atoms with E-state index in [1.807, 2.05) is 48.5 Å². The predicted octanol–water partition coefficient (Wildman–Crippen LogP) is 4.80. The summed E-state index contributed by atoms with van der Waals surface area (Å²) in [6.45, 7) is 2.09. The summed E-state index contributed by atoms with van der Waals surface area (Å²) in [4.78, 5) is 28.0. The first kappa shape index (κ1) is 17.9. The van der Waals surface area contributed by atoms with Crippen molar-refractivity contribution in [1.82, 2.24) is 0 Å². The molecule has 3 nitrogen and oxygen atoms in total. The maximum atomic E-state index is 14.3. The third-order valence-electron chi connectivity index (χ3n) is 8.25. The molecule has 30 heavy (non-hydrogen) atoms. The van der Waals surface area contributed by atoms with Crippen LogP contribution in [-0.2, 0) is 14.3 Å². The normalized spacial score (nSPS) is 37.7. The van der Waals surface area contributed by atoms with Gasteiger partial charge in [-0.1, -0.05) is 72.8 Å². The van der Waals surface area contributed by atoms with Gasteiger partial charge in [0.1, 0.15) is 0 Å². The average Bonchev–Trinajstić information content (AvgIpc) is 3.50. The monoisotopic (exact) mass is 396 g/mol. The van der Waals surface area contributed by atoms with Crippen LogP contribution in [-0.4, -0.2) is 18.9 Å². The molecule has 150 valence electrons. The number of ketones is 1. The molecule has 3 heteroatoms. The van der Waals surface area contributed by atoms with E-state index < -0.39 is 16.8 Å². The van der Waals surface area contributed by atoms with Crippen LogP contribution in [0.5, 0.6) is 0 Å². The number of ether oxygens (including phenoxy) is 1. The second-order valence-electron chi connectivity index (χ2n) is 9.31. The molecule has 0 saturated heterocycles. The van der Waals surface area contributed by atoms with Gasteiger partial charge < -0.3 is 4.74 Å². The van der Waals surface area contributed by atoms with Crippen LogP contribution in [0, 0.1) is 34.5 Å². The highest BCUT2D eigenvalue weighted by Gasteiger charge is 2.81. The van der Waals surface area contributed by atoms with Gasteiger partial charge in [0.05, 0.1) is 12.5 Å². The van der Waals surface area contributed by atoms with Crippen molar-refractivity contribution in [3.05, 3.63) is 83.9 Å². The van der Waals surface area contributed by atoms with E-state index in [4.69, 9.17) is 4.74 Å². The largest absolute Gasteiger partial charge is 0.468 e. The number of carbonyl (C=O) groups excluding carboxylic acids is 2. The van der Waals surface area contributed by atoms with E-state index >= 15 is 0 Å². The first-order chi connectivity index (χ1) is 14.6. The van der Waals surface area contributed by atoms with Gasteiger partial charge in [0, 0.05) is 0 Å². The third-order valence-corrected chi connectivity index (χ3v) is 8.25. The molecular weight excluding hydrogens is 372 g/mol. The van der Waals surface area contributed by atoms with Gasteiger partial charge in [0.15, 0.2) is 11.2 Å². The summed E-state index contributed by atoms with van der Waals surface area (Å²) >= 11 is 0. The van der Waals surface area contributed by atoms with Crippen LogP contribution < -0.4 is 0 Å². The maximum absolute atomic E-state index is 14.3. The molecule has 0 spiro atoms. The van der Waals surface area contributed by atoms with Crippen LogP contribution in [0.15, 0.2) is 72.8 Å². The van der Waals surface area contributed by atoms with Gasteiger partial charge in [-0.25, -0.2) is 0 Å². The highest BCUT2D eigenvalue weighted by atomic mass is 16.5. The molecule has 0 N–H and O–H groups in total. The standard InChI is InChI=1S/C27H24O3/c1-26-20(16-9-5-3-6-10-16)22(17-11-7-4-8-12-17)27(24(26)28,25(29)30-2)23-19-14-13-18(15-19)21(23)26/h3-14,18-19,21,23H,15H2,1-2H3/t18-,19+,21+,23-,26+,27+/m0/s1. The number of carbonyl (C=O) groups is 2. The summed E-state index contributed by atoms with van der Waals surface area (Å²) in [5, 5.41) is 0. The number of esters is 1. The molecule has 0 unspecified atom stereocenters. The van der Waals surface area contributed by atoms with Crippen molar-refractivity contribution in [2.24, 2.45) is 34.5 Å². The summed E-state index contributed by atoms with van der Waals surface area (Å²) < 4.78 is 5.40. The number of hydrogen-bond donors (Lipinski definition) is 0. The summed E-state index contributed by atoms with van der Waals surface area (Å²) in [6, 6.07) is 20.1. The van der Waals surface area contributed by atoms with Crippen molar-refractivity contribution in [3.63, 3.8) is 0 Å². The lowest BCUT2D eigenvalue weighted by Crippen LogP contribution is -2.44. The minimum Gasteiger partial charge on any atom is -0.468 e. The molecule has 6 atom stereocenters. The predicted molar refractivity (Wildman–Crippen MR) is 115 cm³/mol. The van der Waals surface area contributed by atoms with Gasteiger partial charge in [-0.15, -0.1) is 0 Å². The highest BCUT2D eigenvalue weighted by molar-refractivity contribution is 6.32. The second kappa shape index (κ2) is 5.81. The SMILES string of the molecule is COC(=O)[C@]12C(=O)[C@](C)(C(c3ccccc3)=C1c1ccccc1)[C@H]1[C@@H]2[C@@H]2C=C[C@H]1C2. The van der Waals surface area contributed by atoms with Gasteiger partial charge in [0.2, 0.25) is 0 Å². The topological polar surface area (TPSA) is 43.4 Å². The zero-order valence-corrected chi connectivity index (χ0v) is 17.2. The molecule has 2 fully saturated rings. The Morgan fingerprint density at radius 2 is 1.40 bits per heavy atom. The molecule has 4 bridgehead atoms. The van der Waals surface area contributed by atoms with E-state index in [1.165, 1.54) is 7.11 Å². The maximum Gasteiger partial charge on any atom is 0.324 e. The molecule has 4 aliphatic rings. The van der Waals surface area contributed by atoms with Gasteiger partial charge >= 0.3 is 5.97 Å². The Labute approximate surface area is 176 Å². The van der Waals surface area contributed by atoms with E-state index in [-0.39, 0.29) is 23.5 Å². The zero-order valence-electron chi connectivity index (χ0n) is 17.2. The fourth-order valence-corrected chi connectivity index (χ4v) is 7.45. The van der Waals surface area contributed by atoms with E-state index in [2.05, 4.69) is 31.2 Å². The van der Waals surface area contributed by atoms with Crippen molar-refractivity contribution in [2.45, 2.75) is 13.3 Å². The van der Waals surface area contributed by atoms with E-state index in [0.29, 0.717) is 5.92 Å². The molecule has 0 heterocycles. The fraction of sp³-hybridized carbons (Fsp3) is 0.333. The van der Waals surface area contributed by atoms with Gasteiger partial charge in [-0.05, 0) is 59.3 Å². The van der Waals surface area contributed by atoms with Crippen LogP contribution in [0.2, 0.25) is 0 Å². The number of rotatable bonds is 3. The van der Waals surface area contributed by atoms with E-state index in [9.17, 15) is 9.59 Å². The molecule has 6 rings (SSSR count). The smallest absolute Gasteiger partial charge is 0.324 e. The minimum absolute atomic E-state index is 0.0277. The average molecular weight is 396 g/mol. The van der Waals surface area contributed by atoms with Gasteiger partial charge in [0.25, 0.3) is 0 Å². The quantitative estimate of drug-likeness (QED) is 0.324. The zero-order chi connectivity index (χ0) is 20.7. The summed E-state index contributed by atoms with van der Waals surface area (Å²) in [5.41, 5.74) is 1.94. The Bertz CT molecular complexity index is 1130. The van der Waals surface area contributed by atoms with Crippen LogP contribution in [0.4, 0.5) is 0 Å². The molecule has 2 aromatic carbocycles. The Kier molecular flexibility index (Phi) is 3.46. The Hall–Kier alpha value is -2.94. The Morgan fingerprint density at radius 3 is 1.97 bits per heavy atom. The molecule has 0 aliphatic heterocycles. The number of hydrogen-bond acceptors (Lipinski definition) is 3. The van der Waals surface area contributed by atoms with Crippen LogP contribution in [0.1, 0.15) is 24.5 Å². The molecular formula is C27H24O3. The van der Waals surface area contributed by atoms with Crippen molar-refractivity contribution < 1.29 is 14.3 Å². The lowest BCUT2D eigenvalue weighted by molar-refractivity contribution is -0.155. The lowest BCUT2D eigenvalue weighted by Gasteiger charge is -2.42. The van der Waals surface area contributed by atoms with Gasteiger partial charge in [-0.2, -0.15) is 0 Å². The van der Waals surface area contributed by atoms with Gasteiger partial charge in [-0.3, -0.25) is 9.59 Å². The molecule has 0 amide bonds. The van der Waals surface area contributed by atoms with Crippen LogP contribution in [0.25, 0.3) is 11.1 Å². The number of fused-ring (bicyclic) bond motifs is 9. The highest BCUT2D eigenvalue weighted by Crippen LogP contribution is 2.78. The van der Waals surface area contributed by atoms with Crippen molar-refractivity contribution in [2.75, 3.05) is 7.11 Å². The third kappa shape index (κ3) is 1.79. The Morgan fingerprint density at radius 1 is 0.867 bits per heavy atom. The molecule has 2 saturated carbocycles. The van der Waals surface area contributed by atoms with Crippen molar-refractivity contribution >= 4 is 22.9 Å². The second-order valence-corrected chi connectivity index (χ2v) is 9.31. The molecule has 2 aromatic rings. The van der Waals surface area contributed by atoms with Crippen molar-refractivity contribution in [3.8, 4) is 0 Å². The summed E-state index contributed by atoms with van der Waals surface area (Å²) in [6.07, 6.45) is 5.54. The fourth-order valence-electron chi connectivity index (χ4n) is 7.45. The van der Waals surface area contributed by atoms with E-state index in [1.54, 1.807) is 0 Å². The number of allylic oxidation sites excluding steroid dienone is 3. The summed E-state index contributed by atoms with van der Waals surface area (Å²) in [7, 11) is 1.42. The van der Waals surface area contributed by atoms with Crippen molar-refractivity contribution in [1.29, 1.82) is 0 Å². The van der Waals surface area contributed by atoms with E-state index in [0.717, 1.165) is 28.7 Å². The number of Topliss-reactive ketones (excluding diaryl/α,β-unsaturated/α-hetero) is 1. The van der Waals surface area contributed by atoms with Crippen LogP contribution >= 0.6 is 0 Å². The first-order valence-corrected chi connectivity index (χ1v) is 10.7. The minimum atomic E-state index is -1.23. The summed E-state index contributed by atoms with van der Waals surface area (Å²) in [5.74, 6) is 0.351. The number of methoxy groups -OCH3 is 1. The molecule has 0 radical (unpaired) electrons. The lowest BCUT2D eigenvalue weighted by atomic mass is 9.59. The molecule has 0 aromatic heterocycles. The number of benzene rings is 2. The molecule has 4 aliphatic carbocycles. The van der Waals surface area contributed by atoms with Crippen LogP contribution in [0.3, 0.4) is 0 Å².